The number of nitrogens with one attached hydrogen (secondary N) is 1. The first kappa shape index (κ1) is 20.5. The van der Waals surface area contributed by atoms with Crippen LogP contribution >= 0.6 is 0 Å². The highest BCUT2D eigenvalue weighted by Gasteiger charge is 2.68. The van der Waals surface area contributed by atoms with E-state index in [-0.39, 0.29) is 5.41 Å². The van der Waals surface area contributed by atoms with Crippen molar-refractivity contribution in [3.8, 4) is 16.9 Å². The highest BCUT2D eigenvalue weighted by Crippen LogP contribution is 2.69. The molecule has 3 saturated carbocycles. The first-order valence-corrected chi connectivity index (χ1v) is 11.9. The Hall–Kier alpha value is -3.85. The fourth-order valence-electron chi connectivity index (χ4n) is 5.68. The van der Waals surface area contributed by atoms with Crippen LogP contribution < -0.4 is 5.32 Å². The van der Waals surface area contributed by atoms with Crippen molar-refractivity contribution >= 4 is 5.65 Å². The van der Waals surface area contributed by atoms with Crippen LogP contribution in [-0.2, 0) is 13.1 Å². The molecule has 3 aliphatic rings. The van der Waals surface area contributed by atoms with E-state index in [1.807, 2.05) is 64.2 Å². The Balaban J connectivity index is 1.02. The van der Waals surface area contributed by atoms with Crippen LogP contribution in [0.15, 0.2) is 73.7 Å². The quantitative estimate of drug-likeness (QED) is 0.375. The molecule has 176 valence electrons. The Morgan fingerprint density at radius 3 is 2.71 bits per heavy atom. The van der Waals surface area contributed by atoms with Crippen LogP contribution in [0.2, 0.25) is 0 Å². The molecule has 0 radical (unpaired) electrons. The van der Waals surface area contributed by atoms with E-state index in [1.165, 1.54) is 5.56 Å². The van der Waals surface area contributed by atoms with Gasteiger partial charge in [0.15, 0.2) is 0 Å². The van der Waals surface area contributed by atoms with Gasteiger partial charge in [-0.2, -0.15) is 0 Å². The molecule has 0 aliphatic heterocycles. The molecule has 5 heterocycles. The maximum Gasteiger partial charge on any atom is 0.137 e. The predicted octanol–water partition coefficient (Wildman–Crippen LogP) is 3.81. The minimum Gasteiger partial charge on any atom is -0.322 e. The summed E-state index contributed by atoms with van der Waals surface area (Å²) in [5, 5.41) is 12.2. The molecule has 3 fully saturated rings. The first-order chi connectivity index (χ1) is 17.0. The second-order valence-corrected chi connectivity index (χ2v) is 10.1. The fraction of sp³-hybridized carbons (Fsp3) is 0.308. The minimum atomic E-state index is -0.831. The van der Waals surface area contributed by atoms with Crippen LogP contribution in [0.25, 0.3) is 22.6 Å². The third-order valence-electron chi connectivity index (χ3n) is 7.25. The van der Waals surface area contributed by atoms with Crippen LogP contribution in [-0.4, -0.2) is 46.1 Å². The third-order valence-corrected chi connectivity index (χ3v) is 7.25. The summed E-state index contributed by atoms with van der Waals surface area (Å²) in [6.07, 6.45) is 15.8. The summed E-state index contributed by atoms with van der Waals surface area (Å²) in [6, 6.07) is 10.1. The Labute approximate surface area is 201 Å². The lowest BCUT2D eigenvalue weighted by Gasteiger charge is -2.66. The molecule has 35 heavy (non-hydrogen) atoms. The van der Waals surface area contributed by atoms with Gasteiger partial charge in [-0.3, -0.25) is 4.98 Å². The van der Waals surface area contributed by atoms with Crippen molar-refractivity contribution in [3.05, 3.63) is 85.0 Å². The van der Waals surface area contributed by atoms with E-state index in [2.05, 4.69) is 32.9 Å². The summed E-state index contributed by atoms with van der Waals surface area (Å²) in [6.45, 7) is 2.19. The summed E-state index contributed by atoms with van der Waals surface area (Å²) in [5.74, 6) is 0. The van der Waals surface area contributed by atoms with E-state index in [9.17, 15) is 4.39 Å². The molecule has 0 unspecified atom stereocenters. The SMILES string of the molecule is FC12CC(CNCc3ccc4nc(Cn5cc(-c6cncc(-n7cccc7)c6)nn5)cn4c3)(C1)C2. The van der Waals surface area contributed by atoms with E-state index >= 15 is 0 Å². The van der Waals surface area contributed by atoms with Gasteiger partial charge in [-0.15, -0.1) is 5.10 Å². The molecule has 8 rings (SSSR count). The summed E-state index contributed by atoms with van der Waals surface area (Å²) in [4.78, 5) is 9.09. The molecule has 8 nitrogen and oxygen atoms in total. The Morgan fingerprint density at radius 2 is 1.89 bits per heavy atom. The van der Waals surface area contributed by atoms with Crippen molar-refractivity contribution in [2.75, 3.05) is 6.54 Å². The highest BCUT2D eigenvalue weighted by atomic mass is 19.1. The van der Waals surface area contributed by atoms with Gasteiger partial charge in [-0.25, -0.2) is 14.1 Å². The van der Waals surface area contributed by atoms with Gasteiger partial charge < -0.3 is 14.3 Å². The standard InChI is InChI=1S/C26H25FN8/c27-26-15-25(16-26,17-26)18-29-8-19-3-4-24-30-21(12-34(24)11-19)13-35-14-23(31-32-35)20-7-22(10-28-9-20)33-5-1-2-6-33/h1-7,9-12,14,29H,8,13,15-18H2. The van der Waals surface area contributed by atoms with Crippen molar-refractivity contribution in [3.63, 3.8) is 0 Å². The van der Waals surface area contributed by atoms with Crippen LogP contribution in [0.4, 0.5) is 4.39 Å². The number of halogens is 1. The van der Waals surface area contributed by atoms with E-state index in [0.717, 1.165) is 60.6 Å². The summed E-state index contributed by atoms with van der Waals surface area (Å²) in [7, 11) is 0. The highest BCUT2D eigenvalue weighted by molar-refractivity contribution is 5.59. The molecule has 0 spiro atoms. The lowest BCUT2D eigenvalue weighted by molar-refractivity contribution is -0.209. The monoisotopic (exact) mass is 468 g/mol. The second-order valence-electron chi connectivity index (χ2n) is 10.1. The molecule has 0 atom stereocenters. The zero-order valence-electron chi connectivity index (χ0n) is 19.2. The lowest BCUT2D eigenvalue weighted by Crippen LogP contribution is -2.67. The van der Waals surface area contributed by atoms with Crippen molar-refractivity contribution in [1.82, 2.24) is 39.2 Å². The molecule has 5 aromatic heterocycles. The van der Waals surface area contributed by atoms with Gasteiger partial charge in [0.05, 0.1) is 30.3 Å². The zero-order chi connectivity index (χ0) is 23.5. The fourth-order valence-corrected chi connectivity index (χ4v) is 5.68. The number of pyridine rings is 2. The smallest absolute Gasteiger partial charge is 0.137 e. The van der Waals surface area contributed by atoms with Gasteiger partial charge in [-0.05, 0) is 54.5 Å². The molecular weight excluding hydrogens is 443 g/mol. The molecule has 0 saturated heterocycles. The number of alkyl halides is 1. The van der Waals surface area contributed by atoms with Crippen molar-refractivity contribution in [1.29, 1.82) is 0 Å². The van der Waals surface area contributed by atoms with Crippen LogP contribution in [0.1, 0.15) is 30.5 Å². The topological polar surface area (TPSA) is 77.9 Å². The Bertz CT molecular complexity index is 1500. The molecule has 9 heteroatoms. The van der Waals surface area contributed by atoms with Crippen molar-refractivity contribution < 1.29 is 4.39 Å². The van der Waals surface area contributed by atoms with E-state index < -0.39 is 5.67 Å². The molecule has 0 aromatic carbocycles. The number of hydrogen-bond acceptors (Lipinski definition) is 5. The minimum absolute atomic E-state index is 0.220. The van der Waals surface area contributed by atoms with Gasteiger partial charge in [-0.1, -0.05) is 11.3 Å². The van der Waals surface area contributed by atoms with E-state index in [4.69, 9.17) is 4.98 Å². The predicted molar refractivity (Wildman–Crippen MR) is 129 cm³/mol. The number of fused-ring (bicyclic) bond motifs is 1. The van der Waals surface area contributed by atoms with Crippen LogP contribution in [0.5, 0.6) is 0 Å². The second kappa shape index (κ2) is 7.58. The van der Waals surface area contributed by atoms with Gasteiger partial charge in [0.1, 0.15) is 17.0 Å². The number of imidazole rings is 1. The molecule has 1 N–H and O–H groups in total. The molecular formula is C26H25FN8. The average molecular weight is 469 g/mol. The summed E-state index contributed by atoms with van der Waals surface area (Å²) < 4.78 is 19.6. The van der Waals surface area contributed by atoms with Crippen LogP contribution in [0.3, 0.4) is 0 Å². The summed E-state index contributed by atoms with van der Waals surface area (Å²) in [5.41, 5.74) is 5.03. The molecule has 0 amide bonds. The zero-order valence-corrected chi connectivity index (χ0v) is 19.2. The van der Waals surface area contributed by atoms with E-state index in [0.29, 0.717) is 6.54 Å². The number of hydrogen-bond donors (Lipinski definition) is 1. The molecule has 2 bridgehead atoms. The van der Waals surface area contributed by atoms with Crippen molar-refractivity contribution in [2.24, 2.45) is 5.41 Å². The lowest BCUT2D eigenvalue weighted by atomic mass is 9.42. The summed E-state index contributed by atoms with van der Waals surface area (Å²) >= 11 is 0. The molecule has 5 aromatic rings. The third kappa shape index (κ3) is 3.72. The first-order valence-electron chi connectivity index (χ1n) is 11.9. The van der Waals surface area contributed by atoms with Gasteiger partial charge in [0, 0.05) is 49.6 Å². The average Bonchev–Trinajstić information content (AvgIpc) is 3.58. The largest absolute Gasteiger partial charge is 0.322 e. The van der Waals surface area contributed by atoms with Gasteiger partial charge in [0.2, 0.25) is 0 Å². The Kier molecular flexibility index (Phi) is 4.44. The maximum absolute atomic E-state index is 13.7. The number of rotatable bonds is 8. The number of nitrogens with zero attached hydrogens (tertiary/aromatic N) is 7. The molecule has 3 aliphatic carbocycles. The van der Waals surface area contributed by atoms with Gasteiger partial charge in [0.25, 0.3) is 0 Å². The Morgan fingerprint density at radius 1 is 1.03 bits per heavy atom. The number of aromatic nitrogens is 7. The normalized spacial score (nSPS) is 22.8. The maximum atomic E-state index is 13.7. The van der Waals surface area contributed by atoms with Crippen molar-refractivity contribution in [2.45, 2.75) is 38.0 Å². The van der Waals surface area contributed by atoms with Gasteiger partial charge >= 0.3 is 0 Å². The van der Waals surface area contributed by atoms with E-state index in [1.54, 1.807) is 10.9 Å². The van der Waals surface area contributed by atoms with Crippen LogP contribution in [0, 0.1) is 5.41 Å².